The van der Waals surface area contributed by atoms with E-state index in [-0.39, 0.29) is 16.9 Å². The second-order valence-electron chi connectivity index (χ2n) is 13.9. The largest absolute Gasteiger partial charge is 0.480 e. The van der Waals surface area contributed by atoms with Gasteiger partial charge in [0.2, 0.25) is 5.88 Å². The maximum Gasteiger partial charge on any atom is 0.434 e. The number of hydrogen-bond acceptors (Lipinski definition) is 8. The van der Waals surface area contributed by atoms with Gasteiger partial charge in [0.05, 0.1) is 19.1 Å². The van der Waals surface area contributed by atoms with Gasteiger partial charge in [0, 0.05) is 37.2 Å². The molecule has 4 heterocycles. The number of hydrogen-bond donors (Lipinski definition) is 1. The van der Waals surface area contributed by atoms with E-state index in [0.717, 1.165) is 42.0 Å². The van der Waals surface area contributed by atoms with E-state index in [1.54, 1.807) is 18.0 Å². The average Bonchev–Trinajstić information content (AvgIpc) is 3.53. The van der Waals surface area contributed by atoms with Crippen LogP contribution in [0.15, 0.2) is 18.9 Å². The van der Waals surface area contributed by atoms with Crippen LogP contribution in [-0.4, -0.2) is 60.2 Å². The van der Waals surface area contributed by atoms with Crippen LogP contribution in [0.1, 0.15) is 55.9 Å². The number of anilines is 1. The van der Waals surface area contributed by atoms with Crippen molar-refractivity contribution in [3.63, 3.8) is 0 Å². The van der Waals surface area contributed by atoms with E-state index in [1.165, 1.54) is 12.5 Å². The van der Waals surface area contributed by atoms with Crippen LogP contribution in [0.5, 0.6) is 5.88 Å². The molecule has 7 fully saturated rings. The number of alkyl halides is 3. The van der Waals surface area contributed by atoms with Gasteiger partial charge in [-0.15, -0.1) is 0 Å². The number of methoxy groups -OCH3 is 1. The van der Waals surface area contributed by atoms with E-state index >= 15 is 0 Å². The van der Waals surface area contributed by atoms with Crippen LogP contribution in [0.2, 0.25) is 0 Å². The van der Waals surface area contributed by atoms with Crippen molar-refractivity contribution in [1.82, 2.24) is 39.5 Å². The van der Waals surface area contributed by atoms with E-state index < -0.39 is 11.9 Å². The highest BCUT2D eigenvalue weighted by Gasteiger charge is 3.10. The van der Waals surface area contributed by atoms with Crippen molar-refractivity contribution in [3.8, 4) is 17.3 Å². The lowest BCUT2D eigenvalue weighted by Crippen LogP contribution is -3.12. The Morgan fingerprint density at radius 1 is 1.05 bits per heavy atom. The van der Waals surface area contributed by atoms with Gasteiger partial charge in [0.1, 0.15) is 23.2 Å². The van der Waals surface area contributed by atoms with Crippen LogP contribution in [0.3, 0.4) is 0 Å². The van der Waals surface area contributed by atoms with Crippen molar-refractivity contribution in [1.29, 1.82) is 0 Å². The molecule has 0 radical (unpaired) electrons. The van der Waals surface area contributed by atoms with Gasteiger partial charge in [-0.1, -0.05) is 0 Å². The van der Waals surface area contributed by atoms with Gasteiger partial charge in [0.15, 0.2) is 23.0 Å². The first kappa shape index (κ1) is 24.6. The number of nitrogens with one attached hydrogen (secondary N) is 1. The lowest BCUT2D eigenvalue weighted by molar-refractivity contribution is -0.627. The maximum atomic E-state index is 13.7. The number of halogens is 3. The Kier molecular flexibility index (Phi) is 4.18. The second kappa shape index (κ2) is 7.29. The molecule has 7 aliphatic carbocycles. The fourth-order valence-corrected chi connectivity index (χ4v) is 10.9. The fourth-order valence-electron chi connectivity index (χ4n) is 10.9. The normalized spacial score (nSPS) is 35.5. The molecule has 0 amide bonds. The van der Waals surface area contributed by atoms with E-state index in [1.807, 2.05) is 13.8 Å². The number of H-pyrrole nitrogens is 1. The molecule has 11 rings (SSSR count). The molecule has 0 atom stereocenters. The zero-order valence-corrected chi connectivity index (χ0v) is 24.1. The van der Waals surface area contributed by atoms with Crippen molar-refractivity contribution < 1.29 is 17.9 Å². The molecule has 7 saturated carbocycles. The SMILES string of the molecule is COc1ncnc(C2CC2)c1-c1nc(N(C)CC23C4C5C2C2C3C4C52c2nc(C(F)(F)F)cn2C(C)C)c2[nH]cnc2n1. The molecule has 4 aromatic heterocycles. The summed E-state index contributed by atoms with van der Waals surface area (Å²) in [6.07, 6.45) is 2.11. The first-order valence-corrected chi connectivity index (χ1v) is 15.1. The van der Waals surface area contributed by atoms with Gasteiger partial charge in [0.25, 0.3) is 0 Å². The van der Waals surface area contributed by atoms with E-state index in [9.17, 15) is 13.2 Å². The van der Waals surface area contributed by atoms with Crippen LogP contribution in [0.25, 0.3) is 22.6 Å². The minimum Gasteiger partial charge on any atom is -0.480 e. The molecule has 0 saturated heterocycles. The summed E-state index contributed by atoms with van der Waals surface area (Å²) in [5.41, 5.74) is 2.31. The standard InChI is InChI=1S/C30H30F3N9O/c1-11(2)42-7-13(30(31,32)33)38-27(42)29-18-15-19(29)17-20(29)16(18)28(15,17)8-41(3)25-22-24(36-9-35-22)39-23(40-25)14-21(12-5-6-12)34-10-37-26(14)43-4/h7,9-12,15-20H,5-6,8H2,1-4H3,(H,35,36,39,40). The Balaban J connectivity index is 0.975. The molecule has 222 valence electrons. The third-order valence-electron chi connectivity index (χ3n) is 12.2. The molecule has 0 aromatic carbocycles. The Morgan fingerprint density at radius 2 is 1.77 bits per heavy atom. The smallest absolute Gasteiger partial charge is 0.434 e. The summed E-state index contributed by atoms with van der Waals surface area (Å²) in [5.74, 6) is 5.76. The Hall–Kier alpha value is -3.77. The highest BCUT2D eigenvalue weighted by atomic mass is 19.4. The molecular formula is C30H30F3N9O. The summed E-state index contributed by atoms with van der Waals surface area (Å²) in [6, 6.07) is -0.0582. The van der Waals surface area contributed by atoms with Crippen LogP contribution in [0, 0.1) is 40.9 Å². The Labute approximate surface area is 244 Å². The summed E-state index contributed by atoms with van der Waals surface area (Å²) in [7, 11) is 3.67. The predicted octanol–water partition coefficient (Wildman–Crippen LogP) is 4.62. The predicted molar refractivity (Wildman–Crippen MR) is 147 cm³/mol. The quantitative estimate of drug-likeness (QED) is 0.317. The second-order valence-corrected chi connectivity index (χ2v) is 13.9. The lowest BCUT2D eigenvalue weighted by atomic mass is 8.92. The van der Waals surface area contributed by atoms with Crippen LogP contribution >= 0.6 is 0 Å². The van der Waals surface area contributed by atoms with Crippen LogP contribution < -0.4 is 9.64 Å². The molecule has 0 aliphatic heterocycles. The Bertz CT molecular complexity index is 1820. The number of aromatic amines is 1. The zero-order valence-electron chi connectivity index (χ0n) is 24.1. The Morgan fingerprint density at radius 3 is 2.40 bits per heavy atom. The van der Waals surface area contributed by atoms with E-state index in [2.05, 4.69) is 36.9 Å². The van der Waals surface area contributed by atoms with E-state index in [0.29, 0.717) is 64.6 Å². The van der Waals surface area contributed by atoms with Gasteiger partial charge in [-0.2, -0.15) is 13.2 Å². The van der Waals surface area contributed by atoms with Crippen molar-refractivity contribution in [3.05, 3.63) is 36.1 Å². The molecule has 1 N–H and O–H groups in total. The molecule has 0 unspecified atom stereocenters. The summed E-state index contributed by atoms with van der Waals surface area (Å²) in [6.45, 7) is 4.74. The van der Waals surface area contributed by atoms with E-state index in [4.69, 9.17) is 14.7 Å². The lowest BCUT2D eigenvalue weighted by Gasteiger charge is -3.11. The van der Waals surface area contributed by atoms with Gasteiger partial charge < -0.3 is 19.2 Å². The molecule has 10 nitrogen and oxygen atoms in total. The van der Waals surface area contributed by atoms with Gasteiger partial charge in [-0.25, -0.2) is 29.9 Å². The number of rotatable bonds is 8. The number of aromatic nitrogens is 8. The zero-order chi connectivity index (χ0) is 29.4. The first-order chi connectivity index (χ1) is 20.6. The summed E-state index contributed by atoms with van der Waals surface area (Å²) >= 11 is 0. The fraction of sp³-hybridized carbons (Fsp3) is 0.600. The molecule has 7 aliphatic rings. The van der Waals surface area contributed by atoms with Gasteiger partial charge in [-0.05, 0) is 67.6 Å². The summed E-state index contributed by atoms with van der Waals surface area (Å²) in [4.78, 5) is 33.0. The molecule has 0 bridgehead atoms. The van der Waals surface area contributed by atoms with Crippen LogP contribution in [-0.2, 0) is 11.6 Å². The summed E-state index contributed by atoms with van der Waals surface area (Å²) < 4.78 is 48.4. The number of imidazole rings is 2. The van der Waals surface area contributed by atoms with Gasteiger partial charge in [-0.3, -0.25) is 0 Å². The van der Waals surface area contributed by atoms with Crippen molar-refractivity contribution in [2.45, 2.75) is 50.2 Å². The third kappa shape index (κ3) is 2.48. The van der Waals surface area contributed by atoms with Crippen molar-refractivity contribution in [2.24, 2.45) is 40.9 Å². The molecular weight excluding hydrogens is 559 g/mol. The highest BCUT2D eigenvalue weighted by molar-refractivity contribution is 5.86. The molecule has 13 heteroatoms. The highest BCUT2D eigenvalue weighted by Crippen LogP contribution is 3.09. The first-order valence-electron chi connectivity index (χ1n) is 15.1. The minimum absolute atomic E-state index is 0.0582. The maximum absolute atomic E-state index is 13.7. The monoisotopic (exact) mass is 589 g/mol. The number of fused-ring (bicyclic) bond motifs is 1. The topological polar surface area (TPSA) is 111 Å². The number of ether oxygens (including phenoxy) is 1. The number of nitrogens with zero attached hydrogens (tertiary/aromatic N) is 8. The van der Waals surface area contributed by atoms with Gasteiger partial charge >= 0.3 is 6.18 Å². The minimum atomic E-state index is -4.43. The average molecular weight is 590 g/mol. The van der Waals surface area contributed by atoms with Crippen molar-refractivity contribution >= 4 is 17.0 Å². The molecule has 0 spiro atoms. The summed E-state index contributed by atoms with van der Waals surface area (Å²) in [5, 5.41) is 0. The van der Waals surface area contributed by atoms with Crippen LogP contribution in [0.4, 0.5) is 19.0 Å². The third-order valence-corrected chi connectivity index (χ3v) is 12.2. The molecule has 43 heavy (non-hydrogen) atoms. The van der Waals surface area contributed by atoms with Crippen molar-refractivity contribution in [2.75, 3.05) is 25.6 Å². The molecule has 4 aromatic rings.